The molecule has 0 aromatic heterocycles. The van der Waals surface area contributed by atoms with Crippen LogP contribution in [0, 0.1) is 13.8 Å². The fourth-order valence-corrected chi connectivity index (χ4v) is 2.10. The zero-order valence-electron chi connectivity index (χ0n) is 13.4. The molecule has 0 saturated heterocycles. The Hall–Kier alpha value is -1.43. The lowest BCUT2D eigenvalue weighted by molar-refractivity contribution is -0.117. The Labute approximate surface area is 127 Å². The van der Waals surface area contributed by atoms with Crippen LogP contribution >= 0.6 is 0 Å². The molecule has 118 valence electrons. The topological polar surface area (TPSA) is 50.8 Å². The minimum absolute atomic E-state index is 0.0143. The molecule has 1 aromatic rings. The van der Waals surface area contributed by atoms with Gasteiger partial charge in [0.25, 0.3) is 0 Å². The number of nitrogens with zero attached hydrogens (tertiary/aromatic N) is 1. The van der Waals surface area contributed by atoms with Crippen molar-refractivity contribution in [3.63, 3.8) is 0 Å². The fraction of sp³-hybridized carbons (Fsp3) is 0.562. The molecule has 0 spiro atoms. The number of nitrogens with one attached hydrogen (secondary N) is 1. The number of anilines is 1. The average molecular weight is 294 g/mol. The van der Waals surface area contributed by atoms with Crippen molar-refractivity contribution in [3.8, 4) is 0 Å². The molecular formula is C16H26N2O3. The highest BCUT2D eigenvalue weighted by atomic mass is 16.5. The van der Waals surface area contributed by atoms with Gasteiger partial charge >= 0.3 is 0 Å². The van der Waals surface area contributed by atoms with E-state index < -0.39 is 0 Å². The van der Waals surface area contributed by atoms with Crippen LogP contribution in [0.5, 0.6) is 0 Å². The van der Waals surface area contributed by atoms with Crippen LogP contribution in [-0.2, 0) is 14.3 Å². The number of para-hydroxylation sites is 1. The van der Waals surface area contributed by atoms with Crippen molar-refractivity contribution in [2.24, 2.45) is 0 Å². The van der Waals surface area contributed by atoms with Gasteiger partial charge in [-0.15, -0.1) is 0 Å². The molecule has 21 heavy (non-hydrogen) atoms. The molecule has 0 fully saturated rings. The molecule has 5 heteroatoms. The number of aryl methyl sites for hydroxylation is 2. The molecule has 1 amide bonds. The summed E-state index contributed by atoms with van der Waals surface area (Å²) in [5.74, 6) is -0.0143. The molecule has 0 saturated carbocycles. The number of carbonyl (C=O) groups excluding carboxylic acids is 1. The number of amides is 1. The van der Waals surface area contributed by atoms with Gasteiger partial charge in [-0.25, -0.2) is 0 Å². The molecule has 0 bridgehead atoms. The van der Waals surface area contributed by atoms with Crippen LogP contribution in [0.4, 0.5) is 5.69 Å². The van der Waals surface area contributed by atoms with Crippen LogP contribution in [0.3, 0.4) is 0 Å². The van der Waals surface area contributed by atoms with Crippen LogP contribution < -0.4 is 5.32 Å². The Balaban J connectivity index is 2.60. The van der Waals surface area contributed by atoms with E-state index in [0.29, 0.717) is 32.8 Å². The van der Waals surface area contributed by atoms with Crippen molar-refractivity contribution in [1.82, 2.24) is 4.90 Å². The maximum absolute atomic E-state index is 12.2. The number of carbonyl (C=O) groups is 1. The molecule has 0 aliphatic heterocycles. The van der Waals surface area contributed by atoms with E-state index in [1.54, 1.807) is 14.2 Å². The molecule has 1 N–H and O–H groups in total. The summed E-state index contributed by atoms with van der Waals surface area (Å²) in [7, 11) is 3.32. The van der Waals surface area contributed by atoms with Crippen molar-refractivity contribution in [1.29, 1.82) is 0 Å². The van der Waals surface area contributed by atoms with E-state index in [4.69, 9.17) is 9.47 Å². The number of methoxy groups -OCH3 is 2. The number of rotatable bonds is 9. The van der Waals surface area contributed by atoms with Crippen LogP contribution in [0.15, 0.2) is 18.2 Å². The van der Waals surface area contributed by atoms with E-state index in [0.717, 1.165) is 16.8 Å². The summed E-state index contributed by atoms with van der Waals surface area (Å²) < 4.78 is 10.2. The zero-order chi connectivity index (χ0) is 15.7. The van der Waals surface area contributed by atoms with Gasteiger partial charge in [0.15, 0.2) is 0 Å². The summed E-state index contributed by atoms with van der Waals surface area (Å²) in [5.41, 5.74) is 3.05. The highest BCUT2D eigenvalue weighted by molar-refractivity contribution is 5.93. The van der Waals surface area contributed by atoms with Crippen LogP contribution in [0.1, 0.15) is 11.1 Å². The maximum Gasteiger partial charge on any atom is 0.238 e. The Morgan fingerprint density at radius 1 is 1.10 bits per heavy atom. The molecule has 0 aliphatic rings. The SMILES string of the molecule is COCCN(CCOC)CC(=O)Nc1c(C)cccc1C. The van der Waals surface area contributed by atoms with Gasteiger partial charge in [-0.1, -0.05) is 18.2 Å². The lowest BCUT2D eigenvalue weighted by Crippen LogP contribution is -2.37. The summed E-state index contributed by atoms with van der Waals surface area (Å²) in [4.78, 5) is 14.2. The van der Waals surface area contributed by atoms with E-state index in [1.807, 2.05) is 36.9 Å². The van der Waals surface area contributed by atoms with E-state index in [9.17, 15) is 4.79 Å². The molecule has 1 rings (SSSR count). The van der Waals surface area contributed by atoms with Gasteiger partial charge in [0, 0.05) is 33.0 Å². The third-order valence-corrected chi connectivity index (χ3v) is 3.34. The largest absolute Gasteiger partial charge is 0.383 e. The van der Waals surface area contributed by atoms with Crippen LogP contribution in [-0.4, -0.2) is 57.9 Å². The first-order valence-corrected chi connectivity index (χ1v) is 7.14. The summed E-state index contributed by atoms with van der Waals surface area (Å²) in [6.45, 7) is 6.94. The van der Waals surface area contributed by atoms with E-state index in [2.05, 4.69) is 5.32 Å². The third-order valence-electron chi connectivity index (χ3n) is 3.34. The quantitative estimate of drug-likeness (QED) is 0.755. The fourth-order valence-electron chi connectivity index (χ4n) is 2.10. The monoisotopic (exact) mass is 294 g/mol. The van der Waals surface area contributed by atoms with Gasteiger partial charge < -0.3 is 14.8 Å². The van der Waals surface area contributed by atoms with Crippen molar-refractivity contribution < 1.29 is 14.3 Å². The molecule has 0 heterocycles. The van der Waals surface area contributed by atoms with Crippen molar-refractivity contribution in [3.05, 3.63) is 29.3 Å². The third kappa shape index (κ3) is 6.25. The van der Waals surface area contributed by atoms with Crippen LogP contribution in [0.25, 0.3) is 0 Å². The second-order valence-electron chi connectivity index (χ2n) is 5.08. The molecule has 5 nitrogen and oxygen atoms in total. The predicted molar refractivity (Wildman–Crippen MR) is 84.7 cm³/mol. The van der Waals surface area contributed by atoms with Gasteiger partial charge in [0.2, 0.25) is 5.91 Å². The smallest absolute Gasteiger partial charge is 0.238 e. The van der Waals surface area contributed by atoms with Gasteiger partial charge in [-0.2, -0.15) is 0 Å². The first kappa shape index (κ1) is 17.6. The lowest BCUT2D eigenvalue weighted by Gasteiger charge is -2.21. The van der Waals surface area contributed by atoms with Crippen molar-refractivity contribution in [2.75, 3.05) is 52.4 Å². The normalized spacial score (nSPS) is 10.9. The number of hydrogen-bond acceptors (Lipinski definition) is 4. The van der Waals surface area contributed by atoms with Crippen molar-refractivity contribution in [2.45, 2.75) is 13.8 Å². The summed E-state index contributed by atoms with van der Waals surface area (Å²) in [6.07, 6.45) is 0. The second kappa shape index (κ2) is 9.50. The summed E-state index contributed by atoms with van der Waals surface area (Å²) >= 11 is 0. The van der Waals surface area contributed by atoms with E-state index >= 15 is 0 Å². The number of hydrogen-bond donors (Lipinski definition) is 1. The predicted octanol–water partition coefficient (Wildman–Crippen LogP) is 1.84. The van der Waals surface area contributed by atoms with Gasteiger partial charge in [0.05, 0.1) is 19.8 Å². The maximum atomic E-state index is 12.2. The first-order valence-electron chi connectivity index (χ1n) is 7.14. The molecule has 0 radical (unpaired) electrons. The molecule has 1 aromatic carbocycles. The van der Waals surface area contributed by atoms with Gasteiger partial charge in [-0.05, 0) is 25.0 Å². The van der Waals surface area contributed by atoms with E-state index in [1.165, 1.54) is 0 Å². The Morgan fingerprint density at radius 2 is 1.62 bits per heavy atom. The summed E-state index contributed by atoms with van der Waals surface area (Å²) in [5, 5.41) is 3.00. The number of benzene rings is 1. The zero-order valence-corrected chi connectivity index (χ0v) is 13.4. The second-order valence-corrected chi connectivity index (χ2v) is 5.08. The standard InChI is InChI=1S/C16H26N2O3/c1-13-6-5-7-14(2)16(13)17-15(19)12-18(8-10-20-3)9-11-21-4/h5-7H,8-12H2,1-4H3,(H,17,19). The Kier molecular flexibility index (Phi) is 7.97. The average Bonchev–Trinajstić information content (AvgIpc) is 2.46. The molecular weight excluding hydrogens is 268 g/mol. The number of ether oxygens (including phenoxy) is 2. The van der Waals surface area contributed by atoms with Gasteiger partial charge in [0.1, 0.15) is 0 Å². The Morgan fingerprint density at radius 3 is 2.10 bits per heavy atom. The molecule has 0 unspecified atom stereocenters. The minimum Gasteiger partial charge on any atom is -0.383 e. The van der Waals surface area contributed by atoms with Crippen molar-refractivity contribution >= 4 is 11.6 Å². The molecule has 0 atom stereocenters. The highest BCUT2D eigenvalue weighted by Gasteiger charge is 2.12. The van der Waals surface area contributed by atoms with E-state index in [-0.39, 0.29) is 5.91 Å². The molecule has 0 aliphatic carbocycles. The van der Waals surface area contributed by atoms with Gasteiger partial charge in [-0.3, -0.25) is 9.69 Å². The lowest BCUT2D eigenvalue weighted by atomic mass is 10.1. The summed E-state index contributed by atoms with van der Waals surface area (Å²) in [6, 6.07) is 5.98. The highest BCUT2D eigenvalue weighted by Crippen LogP contribution is 2.19. The minimum atomic E-state index is -0.0143. The van der Waals surface area contributed by atoms with Crippen LogP contribution in [0.2, 0.25) is 0 Å². The first-order chi connectivity index (χ1) is 10.1. The Bertz CT molecular complexity index is 421.